The molecule has 0 saturated heterocycles. The number of amides is 2. The highest BCUT2D eigenvalue weighted by Gasteiger charge is 2.36. The number of nitrogens with one attached hydrogen (secondary N) is 1. The molecule has 2 aliphatic rings. The lowest BCUT2D eigenvalue weighted by Crippen LogP contribution is -2.33. The van der Waals surface area contributed by atoms with Gasteiger partial charge in [0, 0.05) is 18.2 Å². The monoisotopic (exact) mass is 393 g/mol. The van der Waals surface area contributed by atoms with Gasteiger partial charge in [0.25, 0.3) is 5.91 Å². The van der Waals surface area contributed by atoms with Crippen molar-refractivity contribution in [1.82, 2.24) is 15.2 Å². The molecule has 6 nitrogen and oxygen atoms in total. The Labute approximate surface area is 171 Å². The molecule has 1 atom stereocenters. The molecular formula is C23H27N3O3. The van der Waals surface area contributed by atoms with Crippen LogP contribution in [0, 0.1) is 0 Å². The third-order valence-electron chi connectivity index (χ3n) is 6.06. The minimum Gasteiger partial charge on any atom is -0.481 e. The summed E-state index contributed by atoms with van der Waals surface area (Å²) in [6, 6.07) is 11.8. The smallest absolute Gasteiger partial charge is 0.256 e. The number of fused-ring (bicyclic) bond motifs is 1. The van der Waals surface area contributed by atoms with Crippen molar-refractivity contribution in [2.45, 2.75) is 57.7 Å². The first kappa shape index (κ1) is 19.4. The summed E-state index contributed by atoms with van der Waals surface area (Å²) in [5.41, 5.74) is 3.09. The lowest BCUT2D eigenvalue weighted by Gasteiger charge is -2.22. The van der Waals surface area contributed by atoms with Crippen LogP contribution in [0.15, 0.2) is 36.4 Å². The zero-order valence-corrected chi connectivity index (χ0v) is 17.0. The number of carbonyl (C=O) groups excluding carboxylic acids is 2. The van der Waals surface area contributed by atoms with Gasteiger partial charge in [0.15, 0.2) is 0 Å². The number of carbonyl (C=O) groups is 2. The molecule has 2 heterocycles. The van der Waals surface area contributed by atoms with Gasteiger partial charge in [0.05, 0.1) is 30.8 Å². The number of hydrogen-bond donors (Lipinski definition) is 1. The minimum absolute atomic E-state index is 0.0484. The first-order valence-corrected chi connectivity index (χ1v) is 10.3. The van der Waals surface area contributed by atoms with Crippen LogP contribution in [0.2, 0.25) is 0 Å². The number of benzene rings is 1. The van der Waals surface area contributed by atoms with Crippen molar-refractivity contribution in [1.29, 1.82) is 0 Å². The average Bonchev–Trinajstić information content (AvgIpc) is 3.39. The summed E-state index contributed by atoms with van der Waals surface area (Å²) >= 11 is 0. The number of rotatable bonds is 6. The lowest BCUT2D eigenvalue weighted by atomic mass is 10.0. The molecule has 1 aromatic heterocycles. The Morgan fingerprint density at radius 2 is 2.00 bits per heavy atom. The molecule has 0 bridgehead atoms. The van der Waals surface area contributed by atoms with Crippen molar-refractivity contribution >= 4 is 11.8 Å². The molecule has 1 fully saturated rings. The summed E-state index contributed by atoms with van der Waals surface area (Å²) in [6.07, 6.45) is 4.49. The number of ether oxygens (including phenoxy) is 1. The fraction of sp³-hybridized carbons (Fsp3) is 0.435. The van der Waals surface area contributed by atoms with Crippen LogP contribution in [0.4, 0.5) is 0 Å². The van der Waals surface area contributed by atoms with Gasteiger partial charge in [0.2, 0.25) is 11.8 Å². The highest BCUT2D eigenvalue weighted by molar-refractivity contribution is 5.98. The molecule has 6 heteroatoms. The maximum atomic E-state index is 12.9. The van der Waals surface area contributed by atoms with Gasteiger partial charge in [-0.25, -0.2) is 4.98 Å². The number of methoxy groups -OCH3 is 1. The van der Waals surface area contributed by atoms with E-state index in [2.05, 4.69) is 10.3 Å². The van der Waals surface area contributed by atoms with Gasteiger partial charge in [0.1, 0.15) is 0 Å². The Hall–Kier alpha value is -2.89. The quantitative estimate of drug-likeness (QED) is 0.816. The molecule has 2 amide bonds. The molecule has 0 radical (unpaired) electrons. The van der Waals surface area contributed by atoms with Crippen LogP contribution in [-0.2, 0) is 17.9 Å². The predicted octanol–water partition coefficient (Wildman–Crippen LogP) is 3.41. The predicted molar refractivity (Wildman–Crippen MR) is 110 cm³/mol. The topological polar surface area (TPSA) is 71.5 Å². The molecule has 2 aromatic rings. The average molecular weight is 393 g/mol. The second-order valence-electron chi connectivity index (χ2n) is 7.87. The summed E-state index contributed by atoms with van der Waals surface area (Å²) in [4.78, 5) is 32.1. The molecule has 29 heavy (non-hydrogen) atoms. The molecule has 1 N–H and O–H groups in total. The van der Waals surface area contributed by atoms with Crippen LogP contribution >= 0.6 is 0 Å². The highest BCUT2D eigenvalue weighted by atomic mass is 16.5. The van der Waals surface area contributed by atoms with Gasteiger partial charge < -0.3 is 15.0 Å². The van der Waals surface area contributed by atoms with Gasteiger partial charge in [-0.2, -0.15) is 0 Å². The first-order chi connectivity index (χ1) is 14.1. The number of nitrogens with zero attached hydrogens (tertiary/aromatic N) is 2. The van der Waals surface area contributed by atoms with Crippen LogP contribution < -0.4 is 10.1 Å². The van der Waals surface area contributed by atoms with E-state index in [4.69, 9.17) is 4.74 Å². The largest absolute Gasteiger partial charge is 0.481 e. The molecule has 4 rings (SSSR count). The molecule has 1 aliphatic heterocycles. The lowest BCUT2D eigenvalue weighted by molar-refractivity contribution is -0.122. The number of hydrogen-bond acceptors (Lipinski definition) is 4. The normalized spacial score (nSPS) is 17.3. The van der Waals surface area contributed by atoms with Gasteiger partial charge in [-0.1, -0.05) is 43.2 Å². The zero-order valence-electron chi connectivity index (χ0n) is 17.0. The molecule has 1 aliphatic carbocycles. The van der Waals surface area contributed by atoms with Crippen molar-refractivity contribution in [3.63, 3.8) is 0 Å². The Morgan fingerprint density at radius 3 is 2.69 bits per heavy atom. The van der Waals surface area contributed by atoms with E-state index in [1.807, 2.05) is 48.2 Å². The van der Waals surface area contributed by atoms with E-state index in [9.17, 15) is 9.59 Å². The molecule has 0 spiro atoms. The van der Waals surface area contributed by atoms with Crippen molar-refractivity contribution in [3.8, 4) is 5.88 Å². The van der Waals surface area contributed by atoms with Gasteiger partial charge in [-0.3, -0.25) is 9.59 Å². The molecule has 152 valence electrons. The van der Waals surface area contributed by atoms with E-state index in [1.54, 1.807) is 7.11 Å². The van der Waals surface area contributed by atoms with Crippen LogP contribution in [0.3, 0.4) is 0 Å². The van der Waals surface area contributed by atoms with E-state index in [0.29, 0.717) is 24.0 Å². The molecular weight excluding hydrogens is 366 g/mol. The van der Waals surface area contributed by atoms with Crippen LogP contribution in [0.5, 0.6) is 5.88 Å². The second-order valence-corrected chi connectivity index (χ2v) is 7.87. The van der Waals surface area contributed by atoms with Crippen molar-refractivity contribution in [3.05, 3.63) is 58.8 Å². The summed E-state index contributed by atoms with van der Waals surface area (Å²) in [6.45, 7) is 2.70. The Balaban J connectivity index is 1.49. The second kappa shape index (κ2) is 8.23. The third-order valence-corrected chi connectivity index (χ3v) is 6.06. The van der Waals surface area contributed by atoms with Crippen LogP contribution in [0.1, 0.15) is 65.7 Å². The third kappa shape index (κ3) is 3.84. The molecule has 1 unspecified atom stereocenters. The maximum absolute atomic E-state index is 12.9. The Kier molecular flexibility index (Phi) is 5.51. The van der Waals surface area contributed by atoms with E-state index in [1.165, 1.54) is 12.8 Å². The van der Waals surface area contributed by atoms with Crippen LogP contribution in [0.25, 0.3) is 0 Å². The zero-order chi connectivity index (χ0) is 20.4. The van der Waals surface area contributed by atoms with E-state index in [-0.39, 0.29) is 24.3 Å². The fourth-order valence-electron chi connectivity index (χ4n) is 4.31. The summed E-state index contributed by atoms with van der Waals surface area (Å²) in [7, 11) is 1.57. The first-order valence-electron chi connectivity index (χ1n) is 10.3. The fourth-order valence-corrected chi connectivity index (χ4v) is 4.31. The van der Waals surface area contributed by atoms with E-state index in [0.717, 1.165) is 29.7 Å². The summed E-state index contributed by atoms with van der Waals surface area (Å²) in [5, 5.41) is 2.96. The Bertz CT molecular complexity index is 907. The Morgan fingerprint density at radius 1 is 1.28 bits per heavy atom. The van der Waals surface area contributed by atoms with Crippen molar-refractivity contribution < 1.29 is 14.3 Å². The highest BCUT2D eigenvalue weighted by Crippen LogP contribution is 2.33. The van der Waals surface area contributed by atoms with Gasteiger partial charge in [-0.15, -0.1) is 0 Å². The summed E-state index contributed by atoms with van der Waals surface area (Å²) < 4.78 is 5.45. The standard InChI is InChI=1S/C23H27N3O3/c1-15(16-8-4-3-5-9-16)21(27)24-13-17-12-19-20(25-22(17)29-2)14-26(23(19)28)18-10-6-7-11-18/h3-5,8-9,12,15,18H,6-7,10-11,13-14H2,1-2H3,(H,24,27). The van der Waals surface area contributed by atoms with Crippen molar-refractivity contribution in [2.75, 3.05) is 7.11 Å². The maximum Gasteiger partial charge on any atom is 0.256 e. The number of pyridine rings is 1. The minimum atomic E-state index is -0.260. The van der Waals surface area contributed by atoms with Gasteiger partial charge in [-0.05, 0) is 31.4 Å². The summed E-state index contributed by atoms with van der Waals surface area (Å²) in [5.74, 6) is 0.187. The SMILES string of the molecule is COc1nc2c(cc1CNC(=O)C(C)c1ccccc1)C(=O)N(C1CCCC1)C2. The molecule has 1 saturated carbocycles. The van der Waals surface area contributed by atoms with Crippen LogP contribution in [-0.4, -0.2) is 34.8 Å². The van der Waals surface area contributed by atoms with Gasteiger partial charge >= 0.3 is 0 Å². The number of aromatic nitrogens is 1. The van der Waals surface area contributed by atoms with E-state index >= 15 is 0 Å². The van der Waals surface area contributed by atoms with E-state index < -0.39 is 0 Å². The molecule has 1 aromatic carbocycles. The van der Waals surface area contributed by atoms with Crippen molar-refractivity contribution in [2.24, 2.45) is 0 Å².